The summed E-state index contributed by atoms with van der Waals surface area (Å²) in [5.41, 5.74) is 0.640. The van der Waals surface area contributed by atoms with E-state index in [0.717, 1.165) is 5.56 Å². The average Bonchev–Trinajstić information content (AvgIpc) is 2.32. The Morgan fingerprint density at radius 1 is 1.06 bits per heavy atom. The number of rotatable bonds is 2. The van der Waals surface area contributed by atoms with Gasteiger partial charge in [0.25, 0.3) is 5.91 Å². The van der Waals surface area contributed by atoms with Crippen LogP contribution in [0.3, 0.4) is 0 Å². The van der Waals surface area contributed by atoms with Crippen molar-refractivity contribution in [3.63, 3.8) is 0 Å². The minimum Gasteiger partial charge on any atom is -0.319 e. The maximum atomic E-state index is 13.5. The Hall–Kier alpha value is -2.23. The van der Waals surface area contributed by atoms with Gasteiger partial charge in [0.1, 0.15) is 11.6 Å². The lowest BCUT2D eigenvalue weighted by Gasteiger charge is -2.07. The van der Waals surface area contributed by atoms with E-state index in [0.29, 0.717) is 0 Å². The third-order valence-corrected chi connectivity index (χ3v) is 2.49. The van der Waals surface area contributed by atoms with Gasteiger partial charge in [0.05, 0.1) is 11.3 Å². The Labute approximate surface area is 103 Å². The molecule has 1 amide bonds. The smallest absolute Gasteiger partial charge is 0.258 e. The molecule has 2 aromatic rings. The van der Waals surface area contributed by atoms with Gasteiger partial charge in [-0.05, 0) is 36.8 Å². The molecule has 0 atom stereocenters. The van der Waals surface area contributed by atoms with Crippen LogP contribution in [0.4, 0.5) is 14.5 Å². The van der Waals surface area contributed by atoms with Crippen LogP contribution >= 0.6 is 0 Å². The lowest BCUT2D eigenvalue weighted by molar-refractivity contribution is 0.102. The maximum absolute atomic E-state index is 13.5. The molecule has 92 valence electrons. The lowest BCUT2D eigenvalue weighted by Crippen LogP contribution is -2.14. The highest BCUT2D eigenvalue weighted by Gasteiger charge is 2.13. The van der Waals surface area contributed by atoms with Gasteiger partial charge in [-0.3, -0.25) is 4.79 Å². The fourth-order valence-electron chi connectivity index (χ4n) is 1.56. The first kappa shape index (κ1) is 12.2. The van der Waals surface area contributed by atoms with Gasteiger partial charge < -0.3 is 5.32 Å². The number of amides is 1. The number of hydrogen-bond donors (Lipinski definition) is 1. The van der Waals surface area contributed by atoms with Crippen molar-refractivity contribution in [2.24, 2.45) is 0 Å². The summed E-state index contributed by atoms with van der Waals surface area (Å²) in [5, 5.41) is 2.33. The van der Waals surface area contributed by atoms with E-state index in [-0.39, 0.29) is 11.3 Å². The second-order valence-electron chi connectivity index (χ2n) is 3.92. The highest BCUT2D eigenvalue weighted by molar-refractivity contribution is 6.04. The molecule has 2 nitrogen and oxygen atoms in total. The highest BCUT2D eigenvalue weighted by atomic mass is 19.1. The van der Waals surface area contributed by atoms with Crippen LogP contribution in [-0.2, 0) is 0 Å². The molecule has 2 aromatic carbocycles. The number of nitrogens with one attached hydrogen (secondary N) is 1. The van der Waals surface area contributed by atoms with Gasteiger partial charge in [-0.1, -0.05) is 18.2 Å². The van der Waals surface area contributed by atoms with Gasteiger partial charge in [0.15, 0.2) is 0 Å². The molecule has 0 bridgehead atoms. The number of para-hydroxylation sites is 1. The number of aryl methyl sites for hydroxylation is 1. The fourth-order valence-corrected chi connectivity index (χ4v) is 1.56. The molecular formula is C14H11F2NO. The first-order valence-corrected chi connectivity index (χ1v) is 5.40. The average molecular weight is 247 g/mol. The molecule has 0 spiro atoms. The van der Waals surface area contributed by atoms with Crippen LogP contribution in [0, 0.1) is 18.6 Å². The van der Waals surface area contributed by atoms with Crippen LogP contribution in [0.15, 0.2) is 42.5 Å². The van der Waals surface area contributed by atoms with Crippen molar-refractivity contribution in [2.75, 3.05) is 5.32 Å². The lowest BCUT2D eigenvalue weighted by atomic mass is 10.1. The number of carbonyl (C=O) groups is 1. The third kappa shape index (κ3) is 2.53. The molecule has 0 heterocycles. The molecule has 0 aliphatic heterocycles. The van der Waals surface area contributed by atoms with E-state index in [1.165, 1.54) is 30.3 Å². The van der Waals surface area contributed by atoms with Gasteiger partial charge in [0.2, 0.25) is 0 Å². The molecule has 2 rings (SSSR count). The predicted molar refractivity (Wildman–Crippen MR) is 65.5 cm³/mol. The maximum Gasteiger partial charge on any atom is 0.258 e. The van der Waals surface area contributed by atoms with Crippen LogP contribution in [0.25, 0.3) is 0 Å². The second kappa shape index (κ2) is 4.96. The number of halogens is 2. The van der Waals surface area contributed by atoms with E-state index in [4.69, 9.17) is 0 Å². The van der Waals surface area contributed by atoms with E-state index in [1.807, 2.05) is 0 Å². The molecule has 4 heteroatoms. The summed E-state index contributed by atoms with van der Waals surface area (Å²) in [5.74, 6) is -1.85. The summed E-state index contributed by atoms with van der Waals surface area (Å²) >= 11 is 0. The van der Waals surface area contributed by atoms with Crippen LogP contribution in [0.5, 0.6) is 0 Å². The summed E-state index contributed by atoms with van der Waals surface area (Å²) in [6.07, 6.45) is 0. The molecule has 0 radical (unpaired) electrons. The Morgan fingerprint density at radius 3 is 2.44 bits per heavy atom. The number of hydrogen-bond acceptors (Lipinski definition) is 1. The molecule has 0 unspecified atom stereocenters. The summed E-state index contributed by atoms with van der Waals surface area (Å²) < 4.78 is 26.9. The van der Waals surface area contributed by atoms with Gasteiger partial charge >= 0.3 is 0 Å². The zero-order chi connectivity index (χ0) is 13.1. The van der Waals surface area contributed by atoms with Gasteiger partial charge in [0, 0.05) is 0 Å². The van der Waals surface area contributed by atoms with E-state index >= 15 is 0 Å². The molecule has 0 fully saturated rings. The predicted octanol–water partition coefficient (Wildman–Crippen LogP) is 3.53. The first-order chi connectivity index (χ1) is 8.58. The monoisotopic (exact) mass is 247 g/mol. The Bertz CT molecular complexity index is 596. The van der Waals surface area contributed by atoms with Gasteiger partial charge in [-0.25, -0.2) is 8.78 Å². The van der Waals surface area contributed by atoms with Crippen LogP contribution < -0.4 is 5.32 Å². The van der Waals surface area contributed by atoms with Crippen LogP contribution in [0.2, 0.25) is 0 Å². The molecule has 1 N–H and O–H groups in total. The van der Waals surface area contributed by atoms with E-state index in [2.05, 4.69) is 5.32 Å². The van der Waals surface area contributed by atoms with Gasteiger partial charge in [-0.2, -0.15) is 0 Å². The Kier molecular flexibility index (Phi) is 3.37. The Morgan fingerprint density at radius 2 is 1.78 bits per heavy atom. The number of carbonyl (C=O) groups excluding carboxylic acids is 1. The molecule has 0 saturated heterocycles. The van der Waals surface area contributed by atoms with Crippen molar-refractivity contribution in [1.29, 1.82) is 0 Å². The van der Waals surface area contributed by atoms with E-state index in [9.17, 15) is 13.6 Å². The third-order valence-electron chi connectivity index (χ3n) is 2.49. The second-order valence-corrected chi connectivity index (χ2v) is 3.92. The van der Waals surface area contributed by atoms with Crippen molar-refractivity contribution < 1.29 is 13.6 Å². The largest absolute Gasteiger partial charge is 0.319 e. The molecule has 0 aliphatic carbocycles. The first-order valence-electron chi connectivity index (χ1n) is 5.40. The number of benzene rings is 2. The van der Waals surface area contributed by atoms with Crippen molar-refractivity contribution in [3.8, 4) is 0 Å². The Balaban J connectivity index is 2.25. The summed E-state index contributed by atoms with van der Waals surface area (Å²) in [7, 11) is 0. The standard InChI is InChI=1S/C14H11F2NO/c1-9-6-7-10(12(16)8-9)14(18)17-13-5-3-2-4-11(13)15/h2-8H,1H3,(H,17,18). The molecule has 0 aliphatic rings. The van der Waals surface area contributed by atoms with Crippen molar-refractivity contribution in [3.05, 3.63) is 65.2 Å². The minimum absolute atomic E-state index is 0.0301. The molecular weight excluding hydrogens is 236 g/mol. The van der Waals surface area contributed by atoms with Crippen molar-refractivity contribution in [2.45, 2.75) is 6.92 Å². The van der Waals surface area contributed by atoms with E-state index < -0.39 is 17.5 Å². The van der Waals surface area contributed by atoms with Gasteiger partial charge in [-0.15, -0.1) is 0 Å². The van der Waals surface area contributed by atoms with Crippen molar-refractivity contribution >= 4 is 11.6 Å². The highest BCUT2D eigenvalue weighted by Crippen LogP contribution is 2.16. The quantitative estimate of drug-likeness (QED) is 0.864. The molecule has 18 heavy (non-hydrogen) atoms. The minimum atomic E-state index is -0.669. The topological polar surface area (TPSA) is 29.1 Å². The normalized spacial score (nSPS) is 10.2. The summed E-state index contributed by atoms with van der Waals surface area (Å²) in [6, 6.07) is 10.00. The SMILES string of the molecule is Cc1ccc(C(=O)Nc2ccccc2F)c(F)c1. The van der Waals surface area contributed by atoms with Crippen molar-refractivity contribution in [1.82, 2.24) is 0 Å². The molecule has 0 saturated carbocycles. The molecule has 0 aromatic heterocycles. The number of anilines is 1. The van der Waals surface area contributed by atoms with Crippen LogP contribution in [0.1, 0.15) is 15.9 Å². The zero-order valence-electron chi connectivity index (χ0n) is 9.71. The zero-order valence-corrected chi connectivity index (χ0v) is 9.71. The summed E-state index contributed by atoms with van der Waals surface area (Å²) in [4.78, 5) is 11.8. The van der Waals surface area contributed by atoms with E-state index in [1.54, 1.807) is 19.1 Å². The fraction of sp³-hybridized carbons (Fsp3) is 0.0714. The van der Waals surface area contributed by atoms with Crippen LogP contribution in [-0.4, -0.2) is 5.91 Å². The summed E-state index contributed by atoms with van der Waals surface area (Å²) in [6.45, 7) is 1.72.